The van der Waals surface area contributed by atoms with Crippen molar-refractivity contribution in [3.05, 3.63) is 50.1 Å². The molecule has 4 nitrogen and oxygen atoms in total. The molecular weight excluding hydrogens is 294 g/mol. The molecule has 0 bridgehead atoms. The van der Waals surface area contributed by atoms with Gasteiger partial charge in [-0.2, -0.15) is 5.10 Å². The fraction of sp³-hybridized carbons (Fsp3) is 0.385. The minimum Gasteiger partial charge on any atom is -0.307 e. The SMILES string of the molecule is CCn1nc(C)c(Br)c1Cn1c(C)cccc1=O. The van der Waals surface area contributed by atoms with E-state index in [1.807, 2.05) is 31.5 Å². The molecule has 2 rings (SSSR count). The van der Waals surface area contributed by atoms with E-state index in [9.17, 15) is 4.79 Å². The Kier molecular flexibility index (Phi) is 3.71. The van der Waals surface area contributed by atoms with E-state index in [-0.39, 0.29) is 5.56 Å². The van der Waals surface area contributed by atoms with Crippen LogP contribution in [0.25, 0.3) is 0 Å². The summed E-state index contributed by atoms with van der Waals surface area (Å²) < 4.78 is 4.67. The Bertz CT molecular complexity index is 628. The van der Waals surface area contributed by atoms with Gasteiger partial charge in [-0.05, 0) is 42.8 Å². The van der Waals surface area contributed by atoms with E-state index in [1.165, 1.54) is 0 Å². The van der Waals surface area contributed by atoms with Gasteiger partial charge in [0.2, 0.25) is 0 Å². The maximum Gasteiger partial charge on any atom is 0.251 e. The highest BCUT2D eigenvalue weighted by Gasteiger charge is 2.13. The molecule has 2 aromatic rings. The van der Waals surface area contributed by atoms with Crippen molar-refractivity contribution in [1.29, 1.82) is 0 Å². The average Bonchev–Trinajstić information content (AvgIpc) is 2.61. The Hall–Kier alpha value is -1.36. The van der Waals surface area contributed by atoms with Gasteiger partial charge >= 0.3 is 0 Å². The number of nitrogens with zero attached hydrogens (tertiary/aromatic N) is 3. The lowest BCUT2D eigenvalue weighted by Crippen LogP contribution is -2.23. The Morgan fingerprint density at radius 2 is 2.06 bits per heavy atom. The summed E-state index contributed by atoms with van der Waals surface area (Å²) in [6.07, 6.45) is 0. The smallest absolute Gasteiger partial charge is 0.251 e. The highest BCUT2D eigenvalue weighted by molar-refractivity contribution is 9.10. The molecule has 18 heavy (non-hydrogen) atoms. The third kappa shape index (κ3) is 2.27. The zero-order valence-electron chi connectivity index (χ0n) is 10.8. The molecule has 0 spiro atoms. The van der Waals surface area contributed by atoms with Crippen molar-refractivity contribution >= 4 is 15.9 Å². The van der Waals surface area contributed by atoms with Crippen LogP contribution in [0.15, 0.2) is 27.5 Å². The van der Waals surface area contributed by atoms with Crippen molar-refractivity contribution < 1.29 is 0 Å². The molecule has 0 aliphatic rings. The molecule has 0 amide bonds. The number of pyridine rings is 1. The van der Waals surface area contributed by atoms with Crippen LogP contribution in [0, 0.1) is 13.8 Å². The van der Waals surface area contributed by atoms with Crippen LogP contribution in [-0.4, -0.2) is 14.3 Å². The summed E-state index contributed by atoms with van der Waals surface area (Å²) in [5, 5.41) is 4.44. The molecule has 2 heterocycles. The van der Waals surface area contributed by atoms with Crippen molar-refractivity contribution in [2.75, 3.05) is 0 Å². The Morgan fingerprint density at radius 1 is 1.33 bits per heavy atom. The maximum absolute atomic E-state index is 11.9. The normalized spacial score (nSPS) is 10.9. The van der Waals surface area contributed by atoms with Gasteiger partial charge < -0.3 is 4.57 Å². The molecule has 0 aromatic carbocycles. The second-order valence-corrected chi connectivity index (χ2v) is 5.05. The van der Waals surface area contributed by atoms with Gasteiger partial charge in [0.25, 0.3) is 5.56 Å². The van der Waals surface area contributed by atoms with Gasteiger partial charge in [0, 0.05) is 18.3 Å². The number of hydrogen-bond acceptors (Lipinski definition) is 2. The molecule has 0 fully saturated rings. The average molecular weight is 310 g/mol. The first kappa shape index (κ1) is 13.1. The lowest BCUT2D eigenvalue weighted by Gasteiger charge is -2.11. The van der Waals surface area contributed by atoms with E-state index < -0.39 is 0 Å². The fourth-order valence-corrected chi connectivity index (χ4v) is 2.41. The summed E-state index contributed by atoms with van der Waals surface area (Å²) in [7, 11) is 0. The summed E-state index contributed by atoms with van der Waals surface area (Å²) in [4.78, 5) is 11.9. The molecule has 0 saturated heterocycles. The largest absolute Gasteiger partial charge is 0.307 e. The van der Waals surface area contributed by atoms with Crippen LogP contribution in [-0.2, 0) is 13.1 Å². The Morgan fingerprint density at radius 3 is 2.67 bits per heavy atom. The minimum atomic E-state index is 0.0170. The van der Waals surface area contributed by atoms with Gasteiger partial charge in [-0.15, -0.1) is 0 Å². The predicted molar refractivity (Wildman–Crippen MR) is 74.9 cm³/mol. The zero-order chi connectivity index (χ0) is 13.3. The standard InChI is InChI=1S/C13H16BrN3O/c1-4-17-11(13(14)10(3)15-17)8-16-9(2)6-5-7-12(16)18/h5-7H,4,8H2,1-3H3. The first-order valence-corrected chi connectivity index (χ1v) is 6.72. The number of aromatic nitrogens is 3. The minimum absolute atomic E-state index is 0.0170. The number of aryl methyl sites for hydroxylation is 3. The molecule has 0 N–H and O–H groups in total. The molecular formula is C13H16BrN3O. The molecule has 2 aromatic heterocycles. The van der Waals surface area contributed by atoms with Crippen molar-refractivity contribution in [3.63, 3.8) is 0 Å². The van der Waals surface area contributed by atoms with Crippen LogP contribution < -0.4 is 5.56 Å². The summed E-state index contributed by atoms with van der Waals surface area (Å²) in [6.45, 7) is 7.28. The molecule has 5 heteroatoms. The molecule has 0 radical (unpaired) electrons. The van der Waals surface area contributed by atoms with E-state index in [2.05, 4.69) is 21.0 Å². The fourth-order valence-electron chi connectivity index (χ4n) is 2.00. The quantitative estimate of drug-likeness (QED) is 0.874. The highest BCUT2D eigenvalue weighted by Crippen LogP contribution is 2.21. The molecule has 96 valence electrons. The van der Waals surface area contributed by atoms with Gasteiger partial charge in [-0.25, -0.2) is 0 Å². The van der Waals surface area contributed by atoms with Gasteiger partial charge in [-0.1, -0.05) is 6.07 Å². The topological polar surface area (TPSA) is 39.8 Å². The van der Waals surface area contributed by atoms with Gasteiger partial charge in [0.15, 0.2) is 0 Å². The molecule has 0 unspecified atom stereocenters. The summed E-state index contributed by atoms with van der Waals surface area (Å²) in [5.74, 6) is 0. The second-order valence-electron chi connectivity index (χ2n) is 4.25. The van der Waals surface area contributed by atoms with Crippen molar-refractivity contribution in [3.8, 4) is 0 Å². The maximum atomic E-state index is 11.9. The van der Waals surface area contributed by atoms with Gasteiger partial charge in [0.05, 0.1) is 22.4 Å². The summed E-state index contributed by atoms with van der Waals surface area (Å²) in [6, 6.07) is 5.31. The first-order valence-electron chi connectivity index (χ1n) is 5.92. The molecule has 0 aliphatic carbocycles. The molecule has 0 saturated carbocycles. The number of rotatable bonds is 3. The highest BCUT2D eigenvalue weighted by atomic mass is 79.9. The number of halogens is 1. The summed E-state index contributed by atoms with van der Waals surface area (Å²) in [5.41, 5.74) is 2.96. The van der Waals surface area contributed by atoms with Crippen molar-refractivity contribution in [2.45, 2.75) is 33.9 Å². The Labute approximate surface area is 114 Å². The lowest BCUT2D eigenvalue weighted by molar-refractivity contribution is 0.586. The summed E-state index contributed by atoms with van der Waals surface area (Å²) >= 11 is 3.55. The van der Waals surface area contributed by atoms with Gasteiger partial charge in [-0.3, -0.25) is 9.48 Å². The monoisotopic (exact) mass is 309 g/mol. The molecule has 0 aliphatic heterocycles. The van der Waals surface area contributed by atoms with Crippen LogP contribution in [0.4, 0.5) is 0 Å². The van der Waals surface area contributed by atoms with Crippen LogP contribution in [0.2, 0.25) is 0 Å². The van der Waals surface area contributed by atoms with Crippen LogP contribution in [0.3, 0.4) is 0 Å². The van der Waals surface area contributed by atoms with Crippen molar-refractivity contribution in [1.82, 2.24) is 14.3 Å². The zero-order valence-corrected chi connectivity index (χ0v) is 12.4. The first-order chi connectivity index (χ1) is 8.54. The second kappa shape index (κ2) is 5.10. The van der Waals surface area contributed by atoms with E-state index in [0.29, 0.717) is 6.54 Å². The van der Waals surface area contributed by atoms with Crippen LogP contribution in [0.1, 0.15) is 24.0 Å². The van der Waals surface area contributed by atoms with E-state index in [0.717, 1.165) is 28.1 Å². The van der Waals surface area contributed by atoms with E-state index >= 15 is 0 Å². The van der Waals surface area contributed by atoms with E-state index in [1.54, 1.807) is 16.7 Å². The van der Waals surface area contributed by atoms with Gasteiger partial charge in [0.1, 0.15) is 0 Å². The molecule has 0 atom stereocenters. The van der Waals surface area contributed by atoms with E-state index in [4.69, 9.17) is 0 Å². The van der Waals surface area contributed by atoms with Crippen LogP contribution >= 0.6 is 15.9 Å². The third-order valence-corrected chi connectivity index (χ3v) is 4.06. The van der Waals surface area contributed by atoms with Crippen LogP contribution in [0.5, 0.6) is 0 Å². The lowest BCUT2D eigenvalue weighted by atomic mass is 10.3. The van der Waals surface area contributed by atoms with Crippen molar-refractivity contribution in [2.24, 2.45) is 0 Å². The number of hydrogen-bond donors (Lipinski definition) is 0. The Balaban J connectivity index is 2.49. The predicted octanol–water partition coefficient (Wildman–Crippen LogP) is 2.49. The third-order valence-electron chi connectivity index (χ3n) is 3.03.